The summed E-state index contributed by atoms with van der Waals surface area (Å²) in [6, 6.07) is 12.7. The monoisotopic (exact) mass is 736 g/mol. The number of halogens is 1. The number of hydrogen-bond acceptors (Lipinski definition) is 5. The number of quaternary nitrogens is 1. The van der Waals surface area contributed by atoms with Gasteiger partial charge in [0.05, 0.1) is 40.0 Å². The van der Waals surface area contributed by atoms with Crippen LogP contribution >= 0.6 is 0 Å². The summed E-state index contributed by atoms with van der Waals surface area (Å²) in [5.74, 6) is 0.911. The molecular formula is C42H74ClNO5Si. The summed E-state index contributed by atoms with van der Waals surface area (Å²) in [6.45, 7) is 15.0. The molecule has 1 aliphatic rings. The number of ketones is 1. The van der Waals surface area contributed by atoms with E-state index in [1.54, 1.807) is 0 Å². The van der Waals surface area contributed by atoms with Crippen molar-refractivity contribution >= 4 is 20.1 Å². The number of ether oxygens (including phenoxy) is 1. The van der Waals surface area contributed by atoms with Gasteiger partial charge in [-0.25, -0.2) is 0 Å². The topological polar surface area (TPSA) is 72.8 Å². The molecule has 0 saturated heterocycles. The number of hydrogen-bond donors (Lipinski definition) is 1. The number of aryl methyl sites for hydroxylation is 1. The molecule has 4 atom stereocenters. The van der Waals surface area contributed by atoms with E-state index in [0.717, 1.165) is 93.4 Å². The highest BCUT2D eigenvalue weighted by Crippen LogP contribution is 2.39. The lowest BCUT2D eigenvalue weighted by Crippen LogP contribution is -3.00. The highest BCUT2D eigenvalue weighted by atomic mass is 35.5. The van der Waals surface area contributed by atoms with E-state index in [9.17, 15) is 14.7 Å². The molecule has 1 aromatic rings. The normalized spacial score (nSPS) is 19.7. The minimum atomic E-state index is -2.17. The number of carbonyl (C=O) groups excluding carboxylic acids is 2. The molecule has 1 aromatic carbocycles. The Morgan fingerprint density at radius 2 is 1.60 bits per heavy atom. The van der Waals surface area contributed by atoms with Crippen LogP contribution in [0.4, 0.5) is 0 Å². The van der Waals surface area contributed by atoms with Gasteiger partial charge in [-0.3, -0.25) is 9.59 Å². The highest BCUT2D eigenvalue weighted by molar-refractivity contribution is 6.74. The lowest BCUT2D eigenvalue weighted by molar-refractivity contribution is -0.884. The second kappa shape index (κ2) is 22.5. The molecule has 1 N–H and O–H groups in total. The Hall–Kier alpha value is -1.51. The van der Waals surface area contributed by atoms with Crippen LogP contribution in [0.25, 0.3) is 0 Å². The molecule has 0 spiro atoms. The van der Waals surface area contributed by atoms with Crippen LogP contribution in [0.5, 0.6) is 0 Å². The van der Waals surface area contributed by atoms with Gasteiger partial charge in [0.1, 0.15) is 12.3 Å². The summed E-state index contributed by atoms with van der Waals surface area (Å²) >= 11 is 0. The first-order valence-electron chi connectivity index (χ1n) is 19.5. The number of aliphatic hydroxyl groups excluding tert-OH is 1. The summed E-state index contributed by atoms with van der Waals surface area (Å²) in [7, 11) is 5.97. The summed E-state index contributed by atoms with van der Waals surface area (Å²) < 4.78 is 13.3. The lowest BCUT2D eigenvalue weighted by Gasteiger charge is -2.43. The fourth-order valence-corrected chi connectivity index (χ4v) is 13.9. The van der Waals surface area contributed by atoms with Crippen LogP contribution in [0.1, 0.15) is 123 Å². The van der Waals surface area contributed by atoms with Crippen LogP contribution in [-0.2, 0) is 31.7 Å². The molecule has 50 heavy (non-hydrogen) atoms. The number of esters is 1. The second-order valence-corrected chi connectivity index (χ2v) is 21.3. The molecule has 0 bridgehead atoms. The van der Waals surface area contributed by atoms with Crippen molar-refractivity contribution in [2.24, 2.45) is 23.7 Å². The van der Waals surface area contributed by atoms with Gasteiger partial charge in [0, 0.05) is 30.2 Å². The Labute approximate surface area is 314 Å². The van der Waals surface area contributed by atoms with Gasteiger partial charge in [-0.2, -0.15) is 0 Å². The number of methoxy groups -OCH3 is 1. The molecule has 0 aliphatic heterocycles. The summed E-state index contributed by atoms with van der Waals surface area (Å²) in [4.78, 5) is 24.3. The predicted molar refractivity (Wildman–Crippen MR) is 207 cm³/mol. The number of benzene rings is 1. The van der Waals surface area contributed by atoms with Gasteiger partial charge >= 0.3 is 5.97 Å². The maximum atomic E-state index is 12.9. The first-order valence-corrected chi connectivity index (χ1v) is 22.1. The second-order valence-electron chi connectivity index (χ2n) is 17.4. The van der Waals surface area contributed by atoms with Crippen molar-refractivity contribution in [2.75, 3.05) is 28.3 Å². The number of rotatable bonds is 24. The zero-order chi connectivity index (χ0) is 36.7. The van der Waals surface area contributed by atoms with Crippen LogP contribution in [-0.4, -0.2) is 69.6 Å². The summed E-state index contributed by atoms with van der Waals surface area (Å²) in [6.07, 6.45) is 14.1. The maximum Gasteiger partial charge on any atom is 0.305 e. The Balaban J connectivity index is 0.0000125. The van der Waals surface area contributed by atoms with Gasteiger partial charge in [-0.15, -0.1) is 0 Å². The Bertz CT molecular complexity index is 1140. The van der Waals surface area contributed by atoms with Crippen molar-refractivity contribution in [3.8, 4) is 0 Å². The molecule has 0 heterocycles. The van der Waals surface area contributed by atoms with E-state index < -0.39 is 14.4 Å². The molecule has 8 heteroatoms. The SMILES string of the molecule is CCCCC(C)(C/C=C/[C@H]1[C@H](O)CC(=O)[C@@H]1CCCCCCC(=O)OC)O[Si](CCc1ccc(C[N+](C)(C)C)cc1)(CC(C)C)CC(C)C.[Cl-]. The third-order valence-corrected chi connectivity index (χ3v) is 15.4. The smallest absolute Gasteiger partial charge is 0.305 e. The van der Waals surface area contributed by atoms with Gasteiger partial charge in [-0.1, -0.05) is 103 Å². The number of nitrogens with zero attached hydrogens (tertiary/aromatic N) is 1. The third-order valence-electron chi connectivity index (χ3n) is 10.1. The van der Waals surface area contributed by atoms with Gasteiger partial charge < -0.3 is 31.2 Å². The zero-order valence-electron chi connectivity index (χ0n) is 33.6. The quantitative estimate of drug-likeness (QED) is 0.0422. The molecule has 2 rings (SSSR count). The van der Waals surface area contributed by atoms with E-state index in [0.29, 0.717) is 18.3 Å². The standard InChI is InChI=1S/C42H74NO5Si.ClH/c1-11-12-26-42(6,27-17-19-38-37(39(44)29-40(38)45)18-15-13-14-16-20-41(46)47-10)48-49(31-33(2)3,32-34(4)5)28-25-35-21-23-36(24-22-35)30-43(7,8)9;/h17,19,21-24,33-34,37-38,40,45H,11-16,18,20,25-32H2,1-10H3;1H/q+1;/p-1/b19-17+;/t37-,38-,40-,42?;/m1./s1. The fraction of sp³-hybridized carbons (Fsp3) is 0.762. The fourth-order valence-electron chi connectivity index (χ4n) is 8.07. The van der Waals surface area contributed by atoms with Crippen molar-refractivity contribution in [3.63, 3.8) is 0 Å². The first-order chi connectivity index (χ1) is 23.0. The number of unbranched alkanes of at least 4 members (excludes halogenated alkanes) is 4. The average Bonchev–Trinajstić information content (AvgIpc) is 3.27. The Morgan fingerprint density at radius 1 is 1.00 bits per heavy atom. The minimum Gasteiger partial charge on any atom is -1.00 e. The van der Waals surface area contributed by atoms with E-state index >= 15 is 0 Å². The minimum absolute atomic E-state index is 0. The van der Waals surface area contributed by atoms with Gasteiger partial charge in [0.25, 0.3) is 0 Å². The molecule has 288 valence electrons. The molecule has 1 unspecified atom stereocenters. The summed E-state index contributed by atoms with van der Waals surface area (Å²) in [5, 5.41) is 10.9. The van der Waals surface area contributed by atoms with E-state index in [1.165, 1.54) is 18.2 Å². The summed E-state index contributed by atoms with van der Waals surface area (Å²) in [5.41, 5.74) is 2.51. The number of Topliss-reactive ketones (excluding diaryl/α,β-unsaturated/α-hetero) is 1. The average molecular weight is 737 g/mol. The molecule has 6 nitrogen and oxygen atoms in total. The third kappa shape index (κ3) is 17.3. The van der Waals surface area contributed by atoms with Gasteiger partial charge in [0.15, 0.2) is 8.32 Å². The predicted octanol–water partition coefficient (Wildman–Crippen LogP) is 6.69. The van der Waals surface area contributed by atoms with E-state index in [-0.39, 0.29) is 48.0 Å². The van der Waals surface area contributed by atoms with Crippen molar-refractivity contribution < 1.29 is 40.7 Å². The van der Waals surface area contributed by atoms with Crippen LogP contribution in [0.2, 0.25) is 18.1 Å². The lowest BCUT2D eigenvalue weighted by atomic mass is 9.87. The van der Waals surface area contributed by atoms with Gasteiger partial charge in [-0.05, 0) is 74.6 Å². The molecule has 0 aromatic heterocycles. The number of aliphatic hydroxyl groups is 1. The molecular weight excluding hydrogens is 662 g/mol. The molecule has 1 saturated carbocycles. The first kappa shape index (κ1) is 46.5. The van der Waals surface area contributed by atoms with Crippen molar-refractivity contribution in [3.05, 3.63) is 47.5 Å². The highest BCUT2D eigenvalue weighted by Gasteiger charge is 2.43. The Kier molecular flexibility index (Phi) is 21.0. The Morgan fingerprint density at radius 3 is 2.16 bits per heavy atom. The van der Waals surface area contributed by atoms with Crippen LogP contribution in [0, 0.1) is 23.7 Å². The van der Waals surface area contributed by atoms with E-state index in [4.69, 9.17) is 9.16 Å². The zero-order valence-corrected chi connectivity index (χ0v) is 35.3. The van der Waals surface area contributed by atoms with Crippen LogP contribution in [0.15, 0.2) is 36.4 Å². The van der Waals surface area contributed by atoms with Gasteiger partial charge in [0.2, 0.25) is 0 Å². The van der Waals surface area contributed by atoms with E-state index in [1.807, 2.05) is 0 Å². The largest absolute Gasteiger partial charge is 1.00 e. The van der Waals surface area contributed by atoms with Crippen LogP contribution < -0.4 is 12.4 Å². The van der Waals surface area contributed by atoms with Crippen molar-refractivity contribution in [1.29, 1.82) is 0 Å². The number of carbonyl (C=O) groups is 2. The van der Waals surface area contributed by atoms with Crippen molar-refractivity contribution in [2.45, 2.75) is 155 Å². The molecule has 0 amide bonds. The van der Waals surface area contributed by atoms with Crippen LogP contribution in [0.3, 0.4) is 0 Å². The molecule has 1 fully saturated rings. The maximum absolute atomic E-state index is 12.9. The molecule has 1 aliphatic carbocycles. The molecule has 0 radical (unpaired) electrons. The van der Waals surface area contributed by atoms with E-state index in [2.05, 4.69) is 99.1 Å². The van der Waals surface area contributed by atoms with Crippen molar-refractivity contribution in [1.82, 2.24) is 0 Å².